The summed E-state index contributed by atoms with van der Waals surface area (Å²) in [5.41, 5.74) is 6.22. The molecule has 0 radical (unpaired) electrons. The molecule has 0 aliphatic heterocycles. The van der Waals surface area contributed by atoms with E-state index in [1.54, 1.807) is 12.3 Å². The second kappa shape index (κ2) is 5.04. The first-order valence-electron chi connectivity index (χ1n) is 5.06. The molecule has 3 N–H and O–H groups in total. The van der Waals surface area contributed by atoms with Crippen molar-refractivity contribution < 1.29 is 4.92 Å². The normalized spacial score (nSPS) is 10.0. The van der Waals surface area contributed by atoms with Gasteiger partial charge in [-0.05, 0) is 11.6 Å². The zero-order chi connectivity index (χ0) is 13.0. The quantitative estimate of drug-likeness (QED) is 0.609. The summed E-state index contributed by atoms with van der Waals surface area (Å²) >= 11 is 0. The molecule has 8 heteroatoms. The fourth-order valence-corrected chi connectivity index (χ4v) is 1.23. The Balaban J connectivity index is 1.97. The Morgan fingerprint density at radius 1 is 1.22 bits per heavy atom. The number of anilines is 2. The average Bonchev–Trinajstić information content (AvgIpc) is 2.38. The molecule has 2 aromatic rings. The zero-order valence-electron chi connectivity index (χ0n) is 9.28. The molecule has 0 aliphatic rings. The summed E-state index contributed by atoms with van der Waals surface area (Å²) < 4.78 is 0. The number of rotatable bonds is 4. The van der Waals surface area contributed by atoms with Crippen LogP contribution in [0, 0.1) is 10.1 Å². The Labute approximate surface area is 102 Å². The topological polar surface area (TPSA) is 120 Å². The lowest BCUT2D eigenvalue weighted by Crippen LogP contribution is -2.04. The van der Waals surface area contributed by atoms with E-state index in [1.165, 1.54) is 0 Å². The van der Waals surface area contributed by atoms with Gasteiger partial charge in [0, 0.05) is 12.7 Å². The van der Waals surface area contributed by atoms with Gasteiger partial charge in [-0.1, -0.05) is 6.07 Å². The van der Waals surface area contributed by atoms with Crippen molar-refractivity contribution in [2.75, 3.05) is 11.1 Å². The van der Waals surface area contributed by atoms with Gasteiger partial charge in [0.15, 0.2) is 0 Å². The van der Waals surface area contributed by atoms with Crippen LogP contribution in [0.3, 0.4) is 0 Å². The summed E-state index contributed by atoms with van der Waals surface area (Å²) in [6.07, 6.45) is 3.93. The highest BCUT2D eigenvalue weighted by Gasteiger charge is 2.06. The maximum absolute atomic E-state index is 10.4. The second-order valence-corrected chi connectivity index (χ2v) is 3.47. The van der Waals surface area contributed by atoms with E-state index < -0.39 is 4.92 Å². The molecule has 92 valence electrons. The van der Waals surface area contributed by atoms with Gasteiger partial charge in [-0.25, -0.2) is 15.0 Å². The smallest absolute Gasteiger partial charge is 0.305 e. The lowest BCUT2D eigenvalue weighted by molar-refractivity contribution is -0.385. The number of aromatic nitrogens is 3. The van der Waals surface area contributed by atoms with Crippen LogP contribution < -0.4 is 11.1 Å². The first-order chi connectivity index (χ1) is 8.65. The number of nitrogen functional groups attached to an aromatic ring is 1. The van der Waals surface area contributed by atoms with E-state index in [0.29, 0.717) is 18.3 Å². The van der Waals surface area contributed by atoms with Crippen LogP contribution in [0.5, 0.6) is 0 Å². The molecule has 18 heavy (non-hydrogen) atoms. The Morgan fingerprint density at radius 2 is 1.94 bits per heavy atom. The van der Waals surface area contributed by atoms with Crippen molar-refractivity contribution in [2.24, 2.45) is 0 Å². The first-order valence-corrected chi connectivity index (χ1v) is 5.06. The molecule has 0 spiro atoms. The van der Waals surface area contributed by atoms with E-state index in [2.05, 4.69) is 20.3 Å². The van der Waals surface area contributed by atoms with E-state index in [4.69, 9.17) is 5.73 Å². The summed E-state index contributed by atoms with van der Waals surface area (Å²) in [6.45, 7) is 0.463. The fraction of sp³-hybridized carbons (Fsp3) is 0.100. The Kier molecular flexibility index (Phi) is 3.28. The number of hydrogen-bond donors (Lipinski definition) is 2. The molecule has 2 rings (SSSR count). The van der Waals surface area contributed by atoms with Gasteiger partial charge < -0.3 is 11.1 Å². The van der Waals surface area contributed by atoms with Crippen LogP contribution in [0.25, 0.3) is 0 Å². The molecular formula is C10H10N6O2. The minimum Gasteiger partial charge on any atom is -0.384 e. The van der Waals surface area contributed by atoms with E-state index in [0.717, 1.165) is 18.0 Å². The summed E-state index contributed by atoms with van der Waals surface area (Å²) in [5.74, 6) is 0.766. The SMILES string of the molecule is Nc1ccc(CNc2ncc([N+](=O)[O-])cn2)cn1. The van der Waals surface area contributed by atoms with Crippen molar-refractivity contribution in [3.05, 3.63) is 46.4 Å². The van der Waals surface area contributed by atoms with Crippen molar-refractivity contribution in [2.45, 2.75) is 6.54 Å². The summed E-state index contributed by atoms with van der Waals surface area (Å²) in [7, 11) is 0. The van der Waals surface area contributed by atoms with Crippen LogP contribution in [0.15, 0.2) is 30.7 Å². The molecule has 0 aliphatic carbocycles. The van der Waals surface area contributed by atoms with Gasteiger partial charge in [0.25, 0.3) is 0 Å². The van der Waals surface area contributed by atoms with E-state index in [1.807, 2.05) is 6.07 Å². The molecule has 2 aromatic heterocycles. The van der Waals surface area contributed by atoms with Crippen LogP contribution >= 0.6 is 0 Å². The van der Waals surface area contributed by atoms with Gasteiger partial charge in [-0.3, -0.25) is 10.1 Å². The van der Waals surface area contributed by atoms with Crippen molar-refractivity contribution in [1.29, 1.82) is 0 Å². The van der Waals surface area contributed by atoms with Gasteiger partial charge in [-0.15, -0.1) is 0 Å². The van der Waals surface area contributed by atoms with Gasteiger partial charge in [-0.2, -0.15) is 0 Å². The highest BCUT2D eigenvalue weighted by atomic mass is 16.6. The Hall–Kier alpha value is -2.77. The summed E-state index contributed by atoms with van der Waals surface area (Å²) in [4.78, 5) is 21.4. The molecular weight excluding hydrogens is 236 g/mol. The Morgan fingerprint density at radius 3 is 2.50 bits per heavy atom. The lowest BCUT2D eigenvalue weighted by Gasteiger charge is -2.03. The van der Waals surface area contributed by atoms with Crippen LogP contribution in [0.4, 0.5) is 17.5 Å². The van der Waals surface area contributed by atoms with E-state index in [-0.39, 0.29) is 5.69 Å². The highest BCUT2D eigenvalue weighted by molar-refractivity contribution is 5.33. The maximum Gasteiger partial charge on any atom is 0.305 e. The minimum atomic E-state index is -0.548. The van der Waals surface area contributed by atoms with Gasteiger partial charge in [0.05, 0.1) is 4.92 Å². The van der Waals surface area contributed by atoms with Gasteiger partial charge >= 0.3 is 5.69 Å². The van der Waals surface area contributed by atoms with Crippen molar-refractivity contribution in [1.82, 2.24) is 15.0 Å². The second-order valence-electron chi connectivity index (χ2n) is 3.47. The third kappa shape index (κ3) is 2.88. The zero-order valence-corrected chi connectivity index (χ0v) is 9.28. The first kappa shape index (κ1) is 11.7. The van der Waals surface area contributed by atoms with Crippen molar-refractivity contribution in [3.8, 4) is 0 Å². The number of nitro groups is 1. The standard InChI is InChI=1S/C10H10N6O2/c11-9-2-1-7(3-12-9)4-13-10-14-5-8(6-15-10)16(17)18/h1-3,5-6H,4H2,(H2,11,12)(H,13,14,15). The third-order valence-electron chi connectivity index (χ3n) is 2.15. The highest BCUT2D eigenvalue weighted by Crippen LogP contribution is 2.09. The molecule has 0 fully saturated rings. The van der Waals surface area contributed by atoms with E-state index in [9.17, 15) is 10.1 Å². The van der Waals surface area contributed by atoms with Crippen LogP contribution in [-0.4, -0.2) is 19.9 Å². The number of pyridine rings is 1. The summed E-state index contributed by atoms with van der Waals surface area (Å²) in [5, 5.41) is 13.3. The molecule has 0 saturated carbocycles. The molecule has 0 aromatic carbocycles. The lowest BCUT2D eigenvalue weighted by atomic mass is 10.3. The third-order valence-corrected chi connectivity index (χ3v) is 2.15. The predicted octanol–water partition coefficient (Wildman–Crippen LogP) is 0.974. The number of nitrogens with zero attached hydrogens (tertiary/aromatic N) is 4. The molecule has 0 amide bonds. The fourth-order valence-electron chi connectivity index (χ4n) is 1.23. The van der Waals surface area contributed by atoms with Crippen molar-refractivity contribution in [3.63, 3.8) is 0 Å². The van der Waals surface area contributed by atoms with Crippen molar-refractivity contribution >= 4 is 17.5 Å². The number of nitrogens with two attached hydrogens (primary N) is 1. The molecule has 8 nitrogen and oxygen atoms in total. The van der Waals surface area contributed by atoms with Crippen LogP contribution in [-0.2, 0) is 6.54 Å². The maximum atomic E-state index is 10.4. The van der Waals surface area contributed by atoms with E-state index >= 15 is 0 Å². The monoisotopic (exact) mass is 246 g/mol. The molecule has 0 atom stereocenters. The predicted molar refractivity (Wildman–Crippen MR) is 64.7 cm³/mol. The molecule has 0 saturated heterocycles. The van der Waals surface area contributed by atoms with Crippen LogP contribution in [0.2, 0.25) is 0 Å². The Bertz CT molecular complexity index is 539. The average molecular weight is 246 g/mol. The van der Waals surface area contributed by atoms with Gasteiger partial charge in [0.2, 0.25) is 5.95 Å². The molecule has 0 unspecified atom stereocenters. The van der Waals surface area contributed by atoms with Gasteiger partial charge in [0.1, 0.15) is 18.2 Å². The molecule has 0 bridgehead atoms. The van der Waals surface area contributed by atoms with Crippen LogP contribution in [0.1, 0.15) is 5.56 Å². The number of hydrogen-bond acceptors (Lipinski definition) is 7. The minimum absolute atomic E-state index is 0.144. The largest absolute Gasteiger partial charge is 0.384 e. The number of nitrogens with one attached hydrogen (secondary N) is 1. The molecule has 2 heterocycles. The summed E-state index contributed by atoms with van der Waals surface area (Å²) in [6, 6.07) is 3.51.